The van der Waals surface area contributed by atoms with Gasteiger partial charge in [0, 0.05) is 6.54 Å². The fraction of sp³-hybridized carbons (Fsp3) is 0.562. The van der Waals surface area contributed by atoms with Crippen LogP contribution in [0.4, 0.5) is 4.79 Å². The molecule has 0 spiro atoms. The molecular formula is C16H24N2O3. The Morgan fingerprint density at radius 1 is 1.43 bits per heavy atom. The van der Waals surface area contributed by atoms with Gasteiger partial charge in [0.1, 0.15) is 11.4 Å². The molecule has 0 radical (unpaired) electrons. The van der Waals surface area contributed by atoms with Crippen LogP contribution < -0.4 is 15.4 Å². The van der Waals surface area contributed by atoms with Crippen molar-refractivity contribution in [3.63, 3.8) is 0 Å². The molecule has 1 heterocycles. The molecule has 0 saturated carbocycles. The van der Waals surface area contributed by atoms with Gasteiger partial charge in [0.25, 0.3) is 0 Å². The van der Waals surface area contributed by atoms with E-state index in [0.29, 0.717) is 6.54 Å². The van der Waals surface area contributed by atoms with Crippen molar-refractivity contribution in [3.05, 3.63) is 29.8 Å². The maximum Gasteiger partial charge on any atom is 0.407 e. The minimum absolute atomic E-state index is 0.231. The molecule has 2 rings (SSSR count). The zero-order chi connectivity index (χ0) is 15.5. The zero-order valence-corrected chi connectivity index (χ0v) is 13.2. The summed E-state index contributed by atoms with van der Waals surface area (Å²) < 4.78 is 10.6. The Morgan fingerprint density at radius 3 is 2.67 bits per heavy atom. The van der Waals surface area contributed by atoms with Crippen molar-refractivity contribution in [3.8, 4) is 5.75 Å². The van der Waals surface area contributed by atoms with E-state index in [0.717, 1.165) is 24.3 Å². The Balaban J connectivity index is 2.03. The standard InChI is InChI=1S/C16H24N2O3/c1-15(2,3)21-14(19)17-11-16(8-9-18-16)12-6-5-7-13(10-12)20-4/h5-7,10,18H,8-9,11H2,1-4H3,(H,17,19). The topological polar surface area (TPSA) is 59.6 Å². The summed E-state index contributed by atoms with van der Waals surface area (Å²) in [6.07, 6.45) is 0.578. The lowest BCUT2D eigenvalue weighted by Crippen LogP contribution is -2.60. The van der Waals surface area contributed by atoms with E-state index in [1.54, 1.807) is 7.11 Å². The van der Waals surface area contributed by atoms with Gasteiger partial charge < -0.3 is 20.1 Å². The average molecular weight is 292 g/mol. The van der Waals surface area contributed by atoms with Crippen LogP contribution in [0.2, 0.25) is 0 Å². The summed E-state index contributed by atoms with van der Waals surface area (Å²) in [6, 6.07) is 7.93. The van der Waals surface area contributed by atoms with Crippen molar-refractivity contribution in [2.45, 2.75) is 38.3 Å². The summed E-state index contributed by atoms with van der Waals surface area (Å²) in [5.41, 5.74) is 0.398. The van der Waals surface area contributed by atoms with Gasteiger partial charge in [-0.3, -0.25) is 0 Å². The highest BCUT2D eigenvalue weighted by atomic mass is 16.6. The molecule has 1 unspecified atom stereocenters. The van der Waals surface area contributed by atoms with Crippen LogP contribution in [0.25, 0.3) is 0 Å². The first-order chi connectivity index (χ1) is 9.85. The fourth-order valence-electron chi connectivity index (χ4n) is 2.38. The van der Waals surface area contributed by atoms with Crippen LogP contribution in [0.15, 0.2) is 24.3 Å². The number of amides is 1. The van der Waals surface area contributed by atoms with E-state index in [1.165, 1.54) is 0 Å². The monoisotopic (exact) mass is 292 g/mol. The normalized spacial score (nSPS) is 21.3. The van der Waals surface area contributed by atoms with Crippen LogP contribution >= 0.6 is 0 Å². The molecule has 0 aliphatic carbocycles. The molecule has 1 atom stereocenters. The van der Waals surface area contributed by atoms with E-state index in [2.05, 4.69) is 10.6 Å². The minimum atomic E-state index is -0.486. The van der Waals surface area contributed by atoms with Gasteiger partial charge in [-0.2, -0.15) is 0 Å². The lowest BCUT2D eigenvalue weighted by molar-refractivity contribution is 0.0491. The highest BCUT2D eigenvalue weighted by molar-refractivity contribution is 5.68. The number of carbonyl (C=O) groups excluding carboxylic acids is 1. The molecule has 5 heteroatoms. The van der Waals surface area contributed by atoms with Gasteiger partial charge >= 0.3 is 6.09 Å². The first-order valence-corrected chi connectivity index (χ1v) is 7.21. The molecule has 0 bridgehead atoms. The van der Waals surface area contributed by atoms with Crippen molar-refractivity contribution in [1.29, 1.82) is 0 Å². The third-order valence-corrected chi connectivity index (χ3v) is 3.57. The molecule has 1 amide bonds. The van der Waals surface area contributed by atoms with Gasteiger partial charge in [-0.05, 0) is 51.4 Å². The predicted molar refractivity (Wildman–Crippen MR) is 81.5 cm³/mol. The molecule has 0 aromatic heterocycles. The number of alkyl carbamates (subject to hydrolysis) is 1. The number of hydrogen-bond acceptors (Lipinski definition) is 4. The third kappa shape index (κ3) is 3.88. The number of benzene rings is 1. The van der Waals surface area contributed by atoms with E-state index in [4.69, 9.17) is 9.47 Å². The molecule has 5 nitrogen and oxygen atoms in total. The highest BCUT2D eigenvalue weighted by Gasteiger charge is 2.39. The van der Waals surface area contributed by atoms with Gasteiger partial charge in [0.05, 0.1) is 12.6 Å². The van der Waals surface area contributed by atoms with Crippen LogP contribution in [-0.4, -0.2) is 31.9 Å². The second-order valence-electron chi connectivity index (χ2n) is 6.35. The molecule has 1 saturated heterocycles. The molecule has 116 valence electrons. The van der Waals surface area contributed by atoms with Crippen LogP contribution in [0.1, 0.15) is 32.8 Å². The highest BCUT2D eigenvalue weighted by Crippen LogP contribution is 2.32. The second-order valence-corrected chi connectivity index (χ2v) is 6.35. The minimum Gasteiger partial charge on any atom is -0.497 e. The van der Waals surface area contributed by atoms with E-state index in [9.17, 15) is 4.79 Å². The smallest absolute Gasteiger partial charge is 0.407 e. The van der Waals surface area contributed by atoms with E-state index in [-0.39, 0.29) is 5.54 Å². The van der Waals surface area contributed by atoms with Crippen molar-refractivity contribution in [2.75, 3.05) is 20.2 Å². The number of hydrogen-bond donors (Lipinski definition) is 2. The summed E-state index contributed by atoms with van der Waals surface area (Å²) in [6.45, 7) is 6.99. The Bertz CT molecular complexity index is 504. The molecule has 1 aromatic rings. The predicted octanol–water partition coefficient (Wildman–Crippen LogP) is 2.41. The van der Waals surface area contributed by atoms with E-state index < -0.39 is 11.7 Å². The number of nitrogens with one attached hydrogen (secondary N) is 2. The maximum absolute atomic E-state index is 11.8. The number of ether oxygens (including phenoxy) is 2. The molecule has 1 aliphatic rings. The maximum atomic E-state index is 11.8. The van der Waals surface area contributed by atoms with Crippen molar-refractivity contribution >= 4 is 6.09 Å². The van der Waals surface area contributed by atoms with Gasteiger partial charge in [-0.15, -0.1) is 0 Å². The van der Waals surface area contributed by atoms with Gasteiger partial charge in [0.2, 0.25) is 0 Å². The largest absolute Gasteiger partial charge is 0.497 e. The molecule has 2 N–H and O–H groups in total. The van der Waals surface area contributed by atoms with Crippen molar-refractivity contribution in [1.82, 2.24) is 10.6 Å². The summed E-state index contributed by atoms with van der Waals surface area (Å²) in [4.78, 5) is 11.8. The van der Waals surface area contributed by atoms with Crippen LogP contribution in [0, 0.1) is 0 Å². The van der Waals surface area contributed by atoms with Crippen LogP contribution in [-0.2, 0) is 10.3 Å². The molecule has 1 fully saturated rings. The SMILES string of the molecule is COc1cccc(C2(CNC(=O)OC(C)(C)C)CCN2)c1. The Hall–Kier alpha value is -1.75. The second kappa shape index (κ2) is 5.93. The van der Waals surface area contributed by atoms with Gasteiger partial charge in [-0.25, -0.2) is 4.79 Å². The molecule has 1 aliphatic heterocycles. The summed E-state index contributed by atoms with van der Waals surface area (Å²) >= 11 is 0. The van der Waals surface area contributed by atoms with Crippen molar-refractivity contribution in [2.24, 2.45) is 0 Å². The van der Waals surface area contributed by atoms with E-state index >= 15 is 0 Å². The Labute approximate surface area is 126 Å². The number of methoxy groups -OCH3 is 1. The van der Waals surface area contributed by atoms with Crippen LogP contribution in [0.5, 0.6) is 5.75 Å². The number of rotatable bonds is 4. The zero-order valence-electron chi connectivity index (χ0n) is 13.2. The molecule has 21 heavy (non-hydrogen) atoms. The summed E-state index contributed by atoms with van der Waals surface area (Å²) in [5.74, 6) is 0.817. The molecular weight excluding hydrogens is 268 g/mol. The van der Waals surface area contributed by atoms with Gasteiger partial charge in [0.15, 0.2) is 0 Å². The lowest BCUT2D eigenvalue weighted by atomic mass is 9.80. The quantitative estimate of drug-likeness (QED) is 0.894. The van der Waals surface area contributed by atoms with Crippen molar-refractivity contribution < 1.29 is 14.3 Å². The first-order valence-electron chi connectivity index (χ1n) is 7.21. The number of carbonyl (C=O) groups is 1. The van der Waals surface area contributed by atoms with Crippen LogP contribution in [0.3, 0.4) is 0 Å². The first kappa shape index (κ1) is 15.6. The van der Waals surface area contributed by atoms with Gasteiger partial charge in [-0.1, -0.05) is 12.1 Å². The summed E-state index contributed by atoms with van der Waals surface area (Å²) in [7, 11) is 1.65. The summed E-state index contributed by atoms with van der Waals surface area (Å²) in [5, 5.41) is 6.27. The van der Waals surface area contributed by atoms with E-state index in [1.807, 2.05) is 45.0 Å². The third-order valence-electron chi connectivity index (χ3n) is 3.57. The molecule has 1 aromatic carbocycles. The Kier molecular flexibility index (Phi) is 4.42. The average Bonchev–Trinajstić information content (AvgIpc) is 2.35. The lowest BCUT2D eigenvalue weighted by Gasteiger charge is -2.44. The fourth-order valence-corrected chi connectivity index (χ4v) is 2.38. The Morgan fingerprint density at radius 2 is 2.14 bits per heavy atom.